The van der Waals surface area contributed by atoms with Gasteiger partial charge in [-0.05, 0) is 34.8 Å². The first-order valence-corrected chi connectivity index (χ1v) is 11.0. The lowest BCUT2D eigenvalue weighted by Gasteiger charge is -2.04. The summed E-state index contributed by atoms with van der Waals surface area (Å²) < 4.78 is 1.79. The molecule has 0 saturated carbocycles. The van der Waals surface area contributed by atoms with E-state index in [1.165, 1.54) is 11.1 Å². The van der Waals surface area contributed by atoms with Gasteiger partial charge in [0.05, 0.1) is 5.69 Å². The van der Waals surface area contributed by atoms with Gasteiger partial charge >= 0.3 is 0 Å². The number of hydrogen-bond acceptors (Lipinski definition) is 4. The largest absolute Gasteiger partial charge is 0.253 e. The highest BCUT2D eigenvalue weighted by Gasteiger charge is 2.07. The lowest BCUT2D eigenvalue weighted by Crippen LogP contribution is -1.95. The van der Waals surface area contributed by atoms with E-state index in [-0.39, 0.29) is 0 Å². The molecule has 0 aliphatic rings. The van der Waals surface area contributed by atoms with Crippen molar-refractivity contribution in [3.63, 3.8) is 0 Å². The SMILES string of the molecule is CC(C)c1ccc(C=Cc2ccnc3nc(SCC=Cc4ccccc4)nn23)cc1. The average Bonchev–Trinajstić information content (AvgIpc) is 3.20. The Labute approximate surface area is 181 Å². The van der Waals surface area contributed by atoms with Crippen LogP contribution in [0, 0.1) is 0 Å². The van der Waals surface area contributed by atoms with E-state index in [2.05, 4.69) is 89.6 Å². The number of hydrogen-bond donors (Lipinski definition) is 0. The van der Waals surface area contributed by atoms with Crippen LogP contribution in [0.15, 0.2) is 78.1 Å². The monoisotopic (exact) mass is 412 g/mol. The highest BCUT2D eigenvalue weighted by molar-refractivity contribution is 7.99. The number of thioether (sulfide) groups is 1. The van der Waals surface area contributed by atoms with Crippen LogP contribution in [0.25, 0.3) is 24.0 Å². The highest BCUT2D eigenvalue weighted by atomic mass is 32.2. The Kier molecular flexibility index (Phi) is 6.40. The van der Waals surface area contributed by atoms with Crippen LogP contribution in [-0.4, -0.2) is 25.3 Å². The van der Waals surface area contributed by atoms with Crippen molar-refractivity contribution in [2.45, 2.75) is 24.9 Å². The summed E-state index contributed by atoms with van der Waals surface area (Å²) in [4.78, 5) is 8.89. The van der Waals surface area contributed by atoms with Crippen molar-refractivity contribution < 1.29 is 0 Å². The van der Waals surface area contributed by atoms with Crippen molar-refractivity contribution in [3.05, 3.63) is 95.3 Å². The standard InChI is InChI=1S/C25H24N4S/c1-19(2)22-13-10-21(11-14-22)12-15-23-16-17-26-24-27-25(28-29(23)24)30-18-6-9-20-7-4-3-5-8-20/h3-17,19H,18H2,1-2H3. The lowest BCUT2D eigenvalue weighted by atomic mass is 10.0. The molecule has 0 spiro atoms. The predicted octanol–water partition coefficient (Wildman–Crippen LogP) is 6.22. The van der Waals surface area contributed by atoms with Crippen LogP contribution in [0.3, 0.4) is 0 Å². The molecular formula is C25H24N4S. The molecule has 5 heteroatoms. The zero-order chi connectivity index (χ0) is 20.8. The minimum atomic E-state index is 0.538. The van der Waals surface area contributed by atoms with E-state index >= 15 is 0 Å². The summed E-state index contributed by atoms with van der Waals surface area (Å²) >= 11 is 1.60. The first-order chi connectivity index (χ1) is 14.7. The van der Waals surface area contributed by atoms with Gasteiger partial charge < -0.3 is 0 Å². The third-order valence-electron chi connectivity index (χ3n) is 4.72. The van der Waals surface area contributed by atoms with Crippen LogP contribution >= 0.6 is 11.8 Å². The molecule has 0 radical (unpaired) electrons. The Bertz CT molecular complexity index is 1160. The molecule has 0 bridgehead atoms. The minimum absolute atomic E-state index is 0.538. The van der Waals surface area contributed by atoms with Gasteiger partial charge in [-0.2, -0.15) is 9.50 Å². The molecule has 4 nitrogen and oxygen atoms in total. The maximum atomic E-state index is 4.63. The summed E-state index contributed by atoms with van der Waals surface area (Å²) in [7, 11) is 0. The summed E-state index contributed by atoms with van der Waals surface area (Å²) in [5, 5.41) is 5.35. The highest BCUT2D eigenvalue weighted by Crippen LogP contribution is 2.18. The van der Waals surface area contributed by atoms with Crippen molar-refractivity contribution in [1.29, 1.82) is 0 Å². The molecule has 0 N–H and O–H groups in total. The van der Waals surface area contributed by atoms with E-state index in [1.54, 1.807) is 22.5 Å². The second-order valence-electron chi connectivity index (χ2n) is 7.25. The predicted molar refractivity (Wildman–Crippen MR) is 126 cm³/mol. The van der Waals surface area contributed by atoms with Crippen LogP contribution in [0.2, 0.25) is 0 Å². The Hall–Kier alpha value is -3.18. The van der Waals surface area contributed by atoms with E-state index < -0.39 is 0 Å². The second kappa shape index (κ2) is 9.55. The van der Waals surface area contributed by atoms with Crippen LogP contribution in [0.4, 0.5) is 0 Å². The Balaban J connectivity index is 1.46. The molecule has 0 amide bonds. The second-order valence-corrected chi connectivity index (χ2v) is 8.24. The van der Waals surface area contributed by atoms with E-state index in [0.717, 1.165) is 22.2 Å². The van der Waals surface area contributed by atoms with Gasteiger partial charge in [0.2, 0.25) is 5.16 Å². The van der Waals surface area contributed by atoms with Gasteiger partial charge in [0.25, 0.3) is 5.78 Å². The van der Waals surface area contributed by atoms with E-state index in [4.69, 9.17) is 0 Å². The number of fused-ring (bicyclic) bond motifs is 1. The number of rotatable bonds is 7. The summed E-state index contributed by atoms with van der Waals surface area (Å²) in [6.07, 6.45) is 10.2. The molecule has 4 rings (SSSR count). The summed E-state index contributed by atoms with van der Waals surface area (Å²) in [6, 6.07) is 20.9. The molecule has 150 valence electrons. The average molecular weight is 413 g/mol. The van der Waals surface area contributed by atoms with Gasteiger partial charge in [0.15, 0.2) is 0 Å². The zero-order valence-electron chi connectivity index (χ0n) is 17.1. The molecule has 4 aromatic rings. The fraction of sp³-hybridized carbons (Fsp3) is 0.160. The molecule has 0 aliphatic carbocycles. The first-order valence-electron chi connectivity index (χ1n) is 10.0. The third-order valence-corrected chi connectivity index (χ3v) is 5.51. The maximum Gasteiger partial charge on any atom is 0.253 e. The number of benzene rings is 2. The topological polar surface area (TPSA) is 43.1 Å². The summed E-state index contributed by atoms with van der Waals surface area (Å²) in [5.74, 6) is 1.96. The molecule has 2 aromatic carbocycles. The van der Waals surface area contributed by atoms with Gasteiger partial charge in [0.1, 0.15) is 0 Å². The van der Waals surface area contributed by atoms with Crippen molar-refractivity contribution >= 4 is 35.8 Å². The van der Waals surface area contributed by atoms with Gasteiger partial charge in [-0.25, -0.2) is 4.98 Å². The quantitative estimate of drug-likeness (QED) is 0.338. The summed E-state index contributed by atoms with van der Waals surface area (Å²) in [5.41, 5.74) is 4.64. The third kappa shape index (κ3) is 5.05. The molecular weight excluding hydrogens is 388 g/mol. The minimum Gasteiger partial charge on any atom is -0.220 e. The van der Waals surface area contributed by atoms with E-state index in [0.29, 0.717) is 11.7 Å². The molecule has 2 heterocycles. The molecule has 0 atom stereocenters. The summed E-state index contributed by atoms with van der Waals surface area (Å²) in [6.45, 7) is 4.41. The van der Waals surface area contributed by atoms with E-state index in [9.17, 15) is 0 Å². The maximum absolute atomic E-state index is 4.63. The molecule has 0 saturated heterocycles. The Morgan fingerprint density at radius 3 is 2.43 bits per heavy atom. The number of aromatic nitrogens is 4. The van der Waals surface area contributed by atoms with Crippen molar-refractivity contribution in [1.82, 2.24) is 19.6 Å². The zero-order valence-corrected chi connectivity index (χ0v) is 18.0. The molecule has 0 unspecified atom stereocenters. The molecule has 30 heavy (non-hydrogen) atoms. The van der Waals surface area contributed by atoms with E-state index in [1.807, 2.05) is 24.3 Å². The molecule has 2 aromatic heterocycles. The Morgan fingerprint density at radius 2 is 1.67 bits per heavy atom. The van der Waals surface area contributed by atoms with Crippen LogP contribution in [0.5, 0.6) is 0 Å². The fourth-order valence-electron chi connectivity index (χ4n) is 3.03. The van der Waals surface area contributed by atoms with Crippen molar-refractivity contribution in [3.8, 4) is 0 Å². The van der Waals surface area contributed by atoms with Crippen molar-refractivity contribution in [2.75, 3.05) is 5.75 Å². The smallest absolute Gasteiger partial charge is 0.220 e. The van der Waals surface area contributed by atoms with Crippen LogP contribution in [-0.2, 0) is 0 Å². The van der Waals surface area contributed by atoms with Gasteiger partial charge in [-0.1, -0.05) is 98.4 Å². The first kappa shape index (κ1) is 20.1. The molecule has 0 fully saturated rings. The van der Waals surface area contributed by atoms with Crippen LogP contribution in [0.1, 0.15) is 42.1 Å². The molecule has 0 aliphatic heterocycles. The van der Waals surface area contributed by atoms with Gasteiger partial charge in [0, 0.05) is 11.9 Å². The Morgan fingerprint density at radius 1 is 0.900 bits per heavy atom. The van der Waals surface area contributed by atoms with Crippen molar-refractivity contribution in [2.24, 2.45) is 0 Å². The van der Waals surface area contributed by atoms with Gasteiger partial charge in [-0.15, -0.1) is 5.10 Å². The van der Waals surface area contributed by atoms with Gasteiger partial charge in [-0.3, -0.25) is 0 Å². The normalized spacial score (nSPS) is 12.0. The number of nitrogens with zero attached hydrogens (tertiary/aromatic N) is 4. The fourth-order valence-corrected chi connectivity index (χ4v) is 3.65. The van der Waals surface area contributed by atoms with Crippen LogP contribution < -0.4 is 0 Å². The lowest BCUT2D eigenvalue weighted by molar-refractivity contribution is 0.866.